The molecule has 1 aliphatic heterocycles. The van der Waals surface area contributed by atoms with Gasteiger partial charge in [-0.05, 0) is 134 Å². The zero-order valence-electron chi connectivity index (χ0n) is 29.5. The van der Waals surface area contributed by atoms with E-state index in [4.69, 9.17) is 0 Å². The van der Waals surface area contributed by atoms with Crippen LogP contribution in [-0.4, -0.2) is 5.54 Å². The van der Waals surface area contributed by atoms with E-state index in [2.05, 4.69) is 184 Å². The molecule has 6 aromatic carbocycles. The van der Waals surface area contributed by atoms with Gasteiger partial charge in [-0.15, -0.1) is 0 Å². The van der Waals surface area contributed by atoms with Crippen molar-refractivity contribution >= 4 is 28.4 Å². The first-order chi connectivity index (χ1) is 23.7. The Morgan fingerprint density at radius 2 is 1.06 bits per heavy atom. The molecule has 1 saturated carbocycles. The highest BCUT2D eigenvalue weighted by Gasteiger charge is 2.58. The number of fused-ring (bicyclic) bond motifs is 3. The van der Waals surface area contributed by atoms with Gasteiger partial charge in [0.05, 0.1) is 5.54 Å². The largest absolute Gasteiger partial charge is 0.334 e. The smallest absolute Gasteiger partial charge is 0.0518 e. The minimum absolute atomic E-state index is 0.0114. The fraction of sp³-hybridized carbons (Fsp3) is 0.234. The second-order valence-electron chi connectivity index (χ2n) is 14.8. The van der Waals surface area contributed by atoms with Crippen LogP contribution in [0.3, 0.4) is 0 Å². The lowest BCUT2D eigenvalue weighted by Crippen LogP contribution is -2.54. The molecule has 2 nitrogen and oxygen atoms in total. The summed E-state index contributed by atoms with van der Waals surface area (Å²) in [7, 11) is 0. The average Bonchev–Trinajstić information content (AvgIpc) is 3.32. The van der Waals surface area contributed by atoms with Crippen molar-refractivity contribution in [1.82, 2.24) is 0 Å². The Morgan fingerprint density at radius 3 is 1.67 bits per heavy atom. The highest BCUT2D eigenvalue weighted by atomic mass is 15.3. The van der Waals surface area contributed by atoms with Crippen molar-refractivity contribution in [2.75, 3.05) is 9.80 Å². The second kappa shape index (κ2) is 12.1. The van der Waals surface area contributed by atoms with Crippen molar-refractivity contribution in [1.29, 1.82) is 0 Å². The number of nitrogens with zero attached hydrogens (tertiary/aromatic N) is 2. The van der Waals surface area contributed by atoms with Gasteiger partial charge in [0.2, 0.25) is 0 Å². The van der Waals surface area contributed by atoms with E-state index >= 15 is 0 Å². The third-order valence-corrected chi connectivity index (χ3v) is 11.5. The molecule has 0 N–H and O–H groups in total. The van der Waals surface area contributed by atoms with Crippen LogP contribution in [0, 0.1) is 20.8 Å². The van der Waals surface area contributed by atoms with E-state index in [0.29, 0.717) is 0 Å². The lowest BCUT2D eigenvalue weighted by molar-refractivity contribution is 0.194. The number of rotatable bonds is 6. The molecule has 8 rings (SSSR count). The zero-order chi connectivity index (χ0) is 33.8. The van der Waals surface area contributed by atoms with Gasteiger partial charge in [-0.2, -0.15) is 0 Å². The van der Waals surface area contributed by atoms with E-state index in [9.17, 15) is 0 Å². The molecule has 0 bridgehead atoms. The maximum atomic E-state index is 2.73. The Labute approximate surface area is 292 Å². The first-order valence-electron chi connectivity index (χ1n) is 17.9. The minimum Gasteiger partial charge on any atom is -0.334 e. The highest BCUT2D eigenvalue weighted by Crippen LogP contribution is 2.62. The summed E-state index contributed by atoms with van der Waals surface area (Å²) >= 11 is 0. The number of hydrogen-bond donors (Lipinski definition) is 0. The van der Waals surface area contributed by atoms with E-state index in [-0.39, 0.29) is 11.0 Å². The molecule has 6 aromatic rings. The zero-order valence-corrected chi connectivity index (χ0v) is 29.5. The minimum atomic E-state index is -0.0114. The predicted octanol–water partition coefficient (Wildman–Crippen LogP) is 13.2. The molecule has 0 aromatic heterocycles. The number of anilines is 5. The summed E-state index contributed by atoms with van der Waals surface area (Å²) in [5, 5.41) is 0. The summed E-state index contributed by atoms with van der Waals surface area (Å²) in [5.74, 6) is 0. The van der Waals surface area contributed by atoms with Crippen LogP contribution in [0.25, 0.3) is 22.3 Å². The highest BCUT2D eigenvalue weighted by molar-refractivity contribution is 5.86. The molecular weight excluding hydrogens is 593 g/mol. The number of benzene rings is 6. The van der Waals surface area contributed by atoms with Gasteiger partial charge in [-0.25, -0.2) is 0 Å². The van der Waals surface area contributed by atoms with Gasteiger partial charge in [0.25, 0.3) is 0 Å². The van der Waals surface area contributed by atoms with Crippen molar-refractivity contribution in [3.05, 3.63) is 162 Å². The van der Waals surface area contributed by atoms with Crippen LogP contribution in [0.4, 0.5) is 28.4 Å². The maximum Gasteiger partial charge on any atom is 0.0518 e. The summed E-state index contributed by atoms with van der Waals surface area (Å²) in [6.45, 7) is 11.9. The van der Waals surface area contributed by atoms with Gasteiger partial charge in [0.15, 0.2) is 0 Å². The van der Waals surface area contributed by atoms with Crippen molar-refractivity contribution in [2.45, 2.75) is 71.3 Å². The fourth-order valence-corrected chi connectivity index (χ4v) is 9.13. The Bertz CT molecular complexity index is 2070. The lowest BCUT2D eigenvalue weighted by atomic mass is 9.61. The van der Waals surface area contributed by atoms with Gasteiger partial charge in [-0.3, -0.25) is 0 Å². The maximum absolute atomic E-state index is 2.73. The molecule has 1 aliphatic carbocycles. The van der Waals surface area contributed by atoms with Crippen LogP contribution in [0.1, 0.15) is 61.8 Å². The Hall–Kier alpha value is -5.08. The standard InChI is InChI=1S/C47H46N2/c1-33-26-35(3)45-44(29-33)49(47(5)25-13-12-24-46(45,47)4)43-28-34(2)27-42(32-43)48(40-22-14-20-38(30-40)36-16-8-6-9-17-36)41-23-15-21-39(31-41)37-18-10-7-11-19-37/h6-11,14-23,26-32H,12-13,24-25H2,1-5H3. The Morgan fingerprint density at radius 1 is 0.510 bits per heavy atom. The van der Waals surface area contributed by atoms with E-state index < -0.39 is 0 Å². The van der Waals surface area contributed by atoms with Crippen LogP contribution in [0.5, 0.6) is 0 Å². The SMILES string of the molecule is Cc1cc(N(c2cccc(-c3ccccc3)c2)c2cccc(-c3ccccc3)c2)cc(N2c3cc(C)cc(C)c3C3(C)CCCCC23C)c1. The van der Waals surface area contributed by atoms with Gasteiger partial charge in [0, 0.05) is 33.9 Å². The van der Waals surface area contributed by atoms with Gasteiger partial charge in [-0.1, -0.05) is 111 Å². The molecule has 0 saturated heterocycles. The monoisotopic (exact) mass is 638 g/mol. The van der Waals surface area contributed by atoms with Gasteiger partial charge >= 0.3 is 0 Å². The van der Waals surface area contributed by atoms with E-state index in [1.807, 2.05) is 0 Å². The summed E-state index contributed by atoms with van der Waals surface area (Å²) in [6.07, 6.45) is 4.95. The Kier molecular flexibility index (Phi) is 7.71. The predicted molar refractivity (Wildman–Crippen MR) is 209 cm³/mol. The van der Waals surface area contributed by atoms with Crippen LogP contribution in [0.15, 0.2) is 140 Å². The van der Waals surface area contributed by atoms with Gasteiger partial charge in [0.1, 0.15) is 0 Å². The molecule has 1 fully saturated rings. The summed E-state index contributed by atoms with van der Waals surface area (Å²) in [4.78, 5) is 5.19. The average molecular weight is 639 g/mol. The molecule has 1 heterocycles. The fourth-order valence-electron chi connectivity index (χ4n) is 9.13. The number of hydrogen-bond acceptors (Lipinski definition) is 2. The molecule has 2 atom stereocenters. The van der Waals surface area contributed by atoms with Crippen LogP contribution in [-0.2, 0) is 5.41 Å². The first kappa shape index (κ1) is 31.2. The summed E-state index contributed by atoms with van der Waals surface area (Å²) in [5.41, 5.74) is 16.6. The first-order valence-corrected chi connectivity index (χ1v) is 17.9. The molecule has 49 heavy (non-hydrogen) atoms. The van der Waals surface area contributed by atoms with Crippen LogP contribution >= 0.6 is 0 Å². The number of aryl methyl sites for hydroxylation is 3. The molecule has 0 amide bonds. The van der Waals surface area contributed by atoms with E-state index in [1.165, 1.54) is 81.7 Å². The van der Waals surface area contributed by atoms with Gasteiger partial charge < -0.3 is 9.80 Å². The normalized spacial score (nSPS) is 19.7. The molecule has 244 valence electrons. The molecule has 2 unspecified atom stereocenters. The van der Waals surface area contributed by atoms with Crippen molar-refractivity contribution in [2.24, 2.45) is 0 Å². The third-order valence-electron chi connectivity index (χ3n) is 11.5. The van der Waals surface area contributed by atoms with Crippen molar-refractivity contribution < 1.29 is 0 Å². The molecule has 2 aliphatic rings. The molecule has 0 radical (unpaired) electrons. The second-order valence-corrected chi connectivity index (χ2v) is 14.8. The van der Waals surface area contributed by atoms with Crippen LogP contribution in [0.2, 0.25) is 0 Å². The topological polar surface area (TPSA) is 6.48 Å². The third kappa shape index (κ3) is 5.26. The van der Waals surface area contributed by atoms with Crippen LogP contribution < -0.4 is 9.80 Å². The van der Waals surface area contributed by atoms with E-state index in [1.54, 1.807) is 5.56 Å². The molecule has 2 heteroatoms. The van der Waals surface area contributed by atoms with Crippen molar-refractivity contribution in [3.8, 4) is 22.3 Å². The van der Waals surface area contributed by atoms with Crippen molar-refractivity contribution in [3.63, 3.8) is 0 Å². The summed E-state index contributed by atoms with van der Waals surface area (Å²) < 4.78 is 0. The van der Waals surface area contributed by atoms with E-state index in [0.717, 1.165) is 11.4 Å². The lowest BCUT2D eigenvalue weighted by Gasteiger charge is -2.50. The molecule has 0 spiro atoms. The Balaban J connectivity index is 1.33. The molecular formula is C47H46N2. The quantitative estimate of drug-likeness (QED) is 0.179. The summed E-state index contributed by atoms with van der Waals surface area (Å²) in [6, 6.07) is 51.5.